The predicted molar refractivity (Wildman–Crippen MR) is 62.1 cm³/mol. The highest BCUT2D eigenvalue weighted by Crippen LogP contribution is 2.25. The van der Waals surface area contributed by atoms with Gasteiger partial charge in [-0.1, -0.05) is 6.07 Å². The first-order chi connectivity index (χ1) is 7.49. The molecule has 0 aliphatic rings. The number of benzene rings is 1. The molecule has 0 bridgehead atoms. The molecule has 0 aliphatic heterocycles. The summed E-state index contributed by atoms with van der Waals surface area (Å²) in [5.74, 6) is -0.572. The Hall–Kier alpha value is -1.97. The fourth-order valence-corrected chi connectivity index (χ4v) is 1.15. The van der Waals surface area contributed by atoms with Crippen LogP contribution in [0.4, 0.5) is 0 Å². The number of aromatic hydroxyl groups is 2. The van der Waals surface area contributed by atoms with Gasteiger partial charge in [-0.2, -0.15) is 0 Å². The molecule has 4 nitrogen and oxygen atoms in total. The molecule has 0 aliphatic carbocycles. The fraction of sp³-hybridized carbons (Fsp3) is 0.250. The highest BCUT2D eigenvalue weighted by Gasteiger charge is 2.00. The Morgan fingerprint density at radius 3 is 2.56 bits per heavy atom. The lowest BCUT2D eigenvalue weighted by molar-refractivity contribution is -0.116. The van der Waals surface area contributed by atoms with E-state index in [2.05, 4.69) is 5.32 Å². The average Bonchev–Trinajstić information content (AvgIpc) is 2.19. The number of hydrogen-bond donors (Lipinski definition) is 3. The van der Waals surface area contributed by atoms with Crippen molar-refractivity contribution in [2.75, 3.05) is 0 Å². The van der Waals surface area contributed by atoms with Crippen LogP contribution in [0.5, 0.6) is 11.5 Å². The molecule has 1 aromatic carbocycles. The lowest BCUT2D eigenvalue weighted by Gasteiger charge is -2.04. The van der Waals surface area contributed by atoms with Crippen LogP contribution in [-0.2, 0) is 4.79 Å². The molecule has 0 fully saturated rings. The van der Waals surface area contributed by atoms with E-state index >= 15 is 0 Å². The van der Waals surface area contributed by atoms with E-state index in [1.54, 1.807) is 12.1 Å². The third-order valence-electron chi connectivity index (χ3n) is 1.86. The van der Waals surface area contributed by atoms with Crippen LogP contribution in [-0.4, -0.2) is 22.2 Å². The Balaban J connectivity index is 2.69. The van der Waals surface area contributed by atoms with Gasteiger partial charge in [-0.3, -0.25) is 4.79 Å². The maximum absolute atomic E-state index is 11.3. The van der Waals surface area contributed by atoms with Crippen LogP contribution in [0.2, 0.25) is 0 Å². The minimum atomic E-state index is -0.202. The summed E-state index contributed by atoms with van der Waals surface area (Å²) in [6, 6.07) is 4.45. The van der Waals surface area contributed by atoms with Crippen LogP contribution in [0.1, 0.15) is 19.4 Å². The number of carbonyl (C=O) groups is 1. The van der Waals surface area contributed by atoms with Crippen molar-refractivity contribution < 1.29 is 15.0 Å². The number of rotatable bonds is 3. The van der Waals surface area contributed by atoms with Gasteiger partial charge in [-0.15, -0.1) is 0 Å². The van der Waals surface area contributed by atoms with E-state index < -0.39 is 0 Å². The van der Waals surface area contributed by atoms with Gasteiger partial charge in [0.15, 0.2) is 11.5 Å². The monoisotopic (exact) mass is 221 g/mol. The first kappa shape index (κ1) is 12.1. The van der Waals surface area contributed by atoms with Gasteiger partial charge in [0.05, 0.1) is 0 Å². The maximum Gasteiger partial charge on any atom is 0.244 e. The van der Waals surface area contributed by atoms with E-state index in [9.17, 15) is 9.90 Å². The normalized spacial score (nSPS) is 10.9. The van der Waals surface area contributed by atoms with Gasteiger partial charge in [-0.05, 0) is 37.6 Å². The molecular weight excluding hydrogens is 206 g/mol. The molecule has 1 amide bonds. The number of phenols is 2. The molecule has 16 heavy (non-hydrogen) atoms. The van der Waals surface area contributed by atoms with Gasteiger partial charge in [0.25, 0.3) is 0 Å². The highest BCUT2D eigenvalue weighted by atomic mass is 16.3. The summed E-state index contributed by atoms with van der Waals surface area (Å²) in [6.45, 7) is 3.75. The summed E-state index contributed by atoms with van der Waals surface area (Å²) >= 11 is 0. The van der Waals surface area contributed by atoms with Crippen LogP contribution < -0.4 is 5.32 Å². The predicted octanol–water partition coefficient (Wildman–Crippen LogP) is 1.64. The smallest absolute Gasteiger partial charge is 0.244 e. The molecule has 1 rings (SSSR count). The fourth-order valence-electron chi connectivity index (χ4n) is 1.15. The first-order valence-electron chi connectivity index (χ1n) is 4.99. The van der Waals surface area contributed by atoms with Gasteiger partial charge >= 0.3 is 0 Å². The van der Waals surface area contributed by atoms with E-state index in [-0.39, 0.29) is 23.4 Å². The second kappa shape index (κ2) is 5.21. The number of carbonyl (C=O) groups excluding carboxylic acids is 1. The van der Waals surface area contributed by atoms with Crippen LogP contribution in [0.3, 0.4) is 0 Å². The maximum atomic E-state index is 11.3. The Morgan fingerprint density at radius 1 is 1.31 bits per heavy atom. The van der Waals surface area contributed by atoms with Crippen molar-refractivity contribution in [2.24, 2.45) is 0 Å². The minimum Gasteiger partial charge on any atom is -0.504 e. The van der Waals surface area contributed by atoms with Crippen LogP contribution in [0.15, 0.2) is 24.3 Å². The Bertz CT molecular complexity index is 411. The lowest BCUT2D eigenvalue weighted by Crippen LogP contribution is -2.28. The summed E-state index contributed by atoms with van der Waals surface area (Å²) in [5.41, 5.74) is 0.647. The van der Waals surface area contributed by atoms with Crippen LogP contribution >= 0.6 is 0 Å². The average molecular weight is 221 g/mol. The van der Waals surface area contributed by atoms with E-state index in [1.165, 1.54) is 18.2 Å². The van der Waals surface area contributed by atoms with Gasteiger partial charge in [0.1, 0.15) is 0 Å². The number of hydrogen-bond acceptors (Lipinski definition) is 3. The molecule has 0 heterocycles. The van der Waals surface area contributed by atoms with Crippen molar-refractivity contribution in [3.05, 3.63) is 29.8 Å². The van der Waals surface area contributed by atoms with Gasteiger partial charge < -0.3 is 15.5 Å². The van der Waals surface area contributed by atoms with Gasteiger partial charge in [0, 0.05) is 12.1 Å². The van der Waals surface area contributed by atoms with Crippen LogP contribution in [0, 0.1) is 0 Å². The molecule has 0 spiro atoms. The van der Waals surface area contributed by atoms with Gasteiger partial charge in [0.2, 0.25) is 5.91 Å². The van der Waals surface area contributed by atoms with Crippen molar-refractivity contribution in [2.45, 2.75) is 19.9 Å². The molecule has 4 heteroatoms. The SMILES string of the molecule is CC(C)NC(=O)C=Cc1ccc(O)c(O)c1. The molecule has 0 saturated heterocycles. The molecule has 86 valence electrons. The quantitative estimate of drug-likeness (QED) is 0.536. The van der Waals surface area contributed by atoms with E-state index in [4.69, 9.17) is 5.11 Å². The molecule has 0 atom stereocenters. The molecule has 3 N–H and O–H groups in total. The molecule has 0 radical (unpaired) electrons. The van der Waals surface area contributed by atoms with Gasteiger partial charge in [-0.25, -0.2) is 0 Å². The number of phenolic OH excluding ortho intramolecular Hbond substituents is 2. The zero-order valence-electron chi connectivity index (χ0n) is 9.27. The zero-order chi connectivity index (χ0) is 12.1. The van der Waals surface area contributed by atoms with E-state index in [0.717, 1.165) is 0 Å². The topological polar surface area (TPSA) is 69.6 Å². The molecule has 0 unspecified atom stereocenters. The summed E-state index contributed by atoms with van der Waals surface area (Å²) in [6.07, 6.45) is 2.95. The number of nitrogens with one attached hydrogen (secondary N) is 1. The van der Waals surface area contributed by atoms with Crippen molar-refractivity contribution in [3.63, 3.8) is 0 Å². The second-order valence-electron chi connectivity index (χ2n) is 3.74. The Labute approximate surface area is 94.2 Å². The van der Waals surface area contributed by atoms with Crippen molar-refractivity contribution >= 4 is 12.0 Å². The molecule has 1 aromatic rings. The Kier molecular flexibility index (Phi) is 3.94. The Morgan fingerprint density at radius 2 is 2.00 bits per heavy atom. The largest absolute Gasteiger partial charge is 0.504 e. The van der Waals surface area contributed by atoms with Crippen molar-refractivity contribution in [1.82, 2.24) is 5.32 Å². The second-order valence-corrected chi connectivity index (χ2v) is 3.74. The van der Waals surface area contributed by atoms with Crippen molar-refractivity contribution in [1.29, 1.82) is 0 Å². The minimum absolute atomic E-state index is 0.0883. The highest BCUT2D eigenvalue weighted by molar-refractivity contribution is 5.91. The third kappa shape index (κ3) is 3.65. The summed E-state index contributed by atoms with van der Waals surface area (Å²) in [4.78, 5) is 11.3. The molecule has 0 saturated carbocycles. The number of amides is 1. The zero-order valence-corrected chi connectivity index (χ0v) is 9.27. The molecule has 0 aromatic heterocycles. The lowest BCUT2D eigenvalue weighted by atomic mass is 10.2. The van der Waals surface area contributed by atoms with E-state index in [0.29, 0.717) is 5.56 Å². The van der Waals surface area contributed by atoms with E-state index in [1.807, 2.05) is 13.8 Å². The van der Waals surface area contributed by atoms with Crippen LogP contribution in [0.25, 0.3) is 6.08 Å². The third-order valence-corrected chi connectivity index (χ3v) is 1.86. The molecular formula is C12H15NO3. The summed E-state index contributed by atoms with van der Waals surface area (Å²) < 4.78 is 0. The standard InChI is InChI=1S/C12H15NO3/c1-8(2)13-12(16)6-4-9-3-5-10(14)11(15)7-9/h3-8,14-15H,1-2H3,(H,13,16). The summed E-state index contributed by atoms with van der Waals surface area (Å²) in [7, 11) is 0. The summed E-state index contributed by atoms with van der Waals surface area (Å²) in [5, 5.41) is 21.0. The first-order valence-corrected chi connectivity index (χ1v) is 4.99. The van der Waals surface area contributed by atoms with Crippen molar-refractivity contribution in [3.8, 4) is 11.5 Å².